The molecule has 0 bridgehead atoms. The van der Waals surface area contributed by atoms with Crippen LogP contribution < -0.4 is 5.32 Å². The third kappa shape index (κ3) is 3.31. The first-order valence-electron chi connectivity index (χ1n) is 6.90. The Bertz CT molecular complexity index is 626. The molecule has 2 rings (SSSR count). The van der Waals surface area contributed by atoms with Gasteiger partial charge in [-0.15, -0.1) is 0 Å². The van der Waals surface area contributed by atoms with E-state index < -0.39 is 15.8 Å². The topological polar surface area (TPSA) is 49.4 Å². The molecule has 1 aliphatic heterocycles. The van der Waals surface area contributed by atoms with Gasteiger partial charge >= 0.3 is 0 Å². The van der Waals surface area contributed by atoms with E-state index in [1.807, 2.05) is 13.8 Å². The van der Waals surface area contributed by atoms with Crippen molar-refractivity contribution in [1.29, 1.82) is 0 Å². The normalized spacial score (nSPS) is 23.7. The van der Waals surface area contributed by atoms with Crippen molar-refractivity contribution in [3.05, 3.63) is 28.0 Å². The summed E-state index contributed by atoms with van der Waals surface area (Å²) in [6.45, 7) is 5.20. The quantitative estimate of drug-likeness (QED) is 0.875. The first-order chi connectivity index (χ1) is 9.77. The van der Waals surface area contributed by atoms with Gasteiger partial charge in [0.25, 0.3) is 0 Å². The maximum atomic E-state index is 14.5. The molecular weight excluding hydrogens is 359 g/mol. The zero-order chi connectivity index (χ0) is 15.8. The molecule has 1 aliphatic rings. The number of hydrogen-bond donors (Lipinski definition) is 1. The van der Waals surface area contributed by atoms with Crippen LogP contribution in [-0.2, 0) is 16.6 Å². The van der Waals surface area contributed by atoms with Crippen LogP contribution >= 0.6 is 15.9 Å². The van der Waals surface area contributed by atoms with E-state index in [0.29, 0.717) is 23.1 Å². The van der Waals surface area contributed by atoms with Gasteiger partial charge in [0.15, 0.2) is 0 Å². The number of sulfonamides is 1. The smallest absolute Gasteiger partial charge is 0.246 e. The van der Waals surface area contributed by atoms with E-state index in [-0.39, 0.29) is 23.3 Å². The Morgan fingerprint density at radius 3 is 2.43 bits per heavy atom. The van der Waals surface area contributed by atoms with Gasteiger partial charge in [-0.2, -0.15) is 4.31 Å². The van der Waals surface area contributed by atoms with E-state index in [1.54, 1.807) is 13.1 Å². The fourth-order valence-corrected chi connectivity index (χ4v) is 4.97. The molecule has 2 unspecified atom stereocenters. The van der Waals surface area contributed by atoms with E-state index in [9.17, 15) is 12.8 Å². The van der Waals surface area contributed by atoms with Gasteiger partial charge in [0, 0.05) is 29.7 Å². The van der Waals surface area contributed by atoms with Crippen LogP contribution in [-0.4, -0.2) is 32.9 Å². The SMILES string of the molecule is CNCc1cc(Br)cc(S(=O)(=O)N2CC(C)C(C)C2)c1F. The second-order valence-corrected chi connectivity index (χ2v) is 8.51. The monoisotopic (exact) mass is 378 g/mol. The molecule has 4 nitrogen and oxygen atoms in total. The maximum Gasteiger partial charge on any atom is 0.246 e. The Morgan fingerprint density at radius 2 is 1.90 bits per heavy atom. The summed E-state index contributed by atoms with van der Waals surface area (Å²) in [6.07, 6.45) is 0. The number of rotatable bonds is 4. The number of hydrogen-bond acceptors (Lipinski definition) is 3. The largest absolute Gasteiger partial charge is 0.316 e. The van der Waals surface area contributed by atoms with Crippen molar-refractivity contribution in [2.45, 2.75) is 25.3 Å². The van der Waals surface area contributed by atoms with Gasteiger partial charge in [-0.3, -0.25) is 0 Å². The van der Waals surface area contributed by atoms with E-state index in [4.69, 9.17) is 0 Å². The second-order valence-electron chi connectivity index (χ2n) is 5.68. The molecule has 1 aromatic rings. The predicted molar refractivity (Wildman–Crippen MR) is 84.0 cm³/mol. The first-order valence-corrected chi connectivity index (χ1v) is 9.13. The Morgan fingerprint density at radius 1 is 1.33 bits per heavy atom. The van der Waals surface area contributed by atoms with Gasteiger partial charge in [0.05, 0.1) is 0 Å². The van der Waals surface area contributed by atoms with Crippen LogP contribution in [0.1, 0.15) is 19.4 Å². The maximum absolute atomic E-state index is 14.5. The van der Waals surface area contributed by atoms with Gasteiger partial charge < -0.3 is 5.32 Å². The summed E-state index contributed by atoms with van der Waals surface area (Å²) in [5, 5.41) is 2.85. The predicted octanol–water partition coefficient (Wildman–Crippen LogP) is 2.58. The Hall–Kier alpha value is -0.500. The standard InChI is InChI=1S/C14H20BrFN2O2S/c1-9-7-18(8-10(9)2)21(19,20)13-5-12(15)4-11(6-17-3)14(13)16/h4-5,9-10,17H,6-8H2,1-3H3. The number of nitrogens with one attached hydrogen (secondary N) is 1. The lowest BCUT2D eigenvalue weighted by Gasteiger charge is -2.18. The van der Waals surface area contributed by atoms with Crippen LogP contribution in [0, 0.1) is 17.7 Å². The van der Waals surface area contributed by atoms with E-state index in [0.717, 1.165) is 0 Å². The Kier molecular flexibility index (Phi) is 5.07. The van der Waals surface area contributed by atoms with Crippen LogP contribution in [0.4, 0.5) is 4.39 Å². The highest BCUT2D eigenvalue weighted by Crippen LogP contribution is 2.31. The van der Waals surface area contributed by atoms with Crippen LogP contribution in [0.2, 0.25) is 0 Å². The molecule has 2 atom stereocenters. The van der Waals surface area contributed by atoms with Gasteiger partial charge in [0.1, 0.15) is 10.7 Å². The molecule has 0 saturated carbocycles. The number of nitrogens with zero attached hydrogens (tertiary/aromatic N) is 1. The Labute approximate surface area is 133 Å². The molecule has 0 amide bonds. The van der Waals surface area contributed by atoms with Crippen LogP contribution in [0.15, 0.2) is 21.5 Å². The molecule has 0 aliphatic carbocycles. The number of benzene rings is 1. The molecule has 1 N–H and O–H groups in total. The van der Waals surface area contributed by atoms with E-state index in [2.05, 4.69) is 21.2 Å². The van der Waals surface area contributed by atoms with Crippen molar-refractivity contribution in [1.82, 2.24) is 9.62 Å². The molecule has 7 heteroatoms. The molecule has 1 heterocycles. The molecular formula is C14H20BrFN2O2S. The fourth-order valence-electron chi connectivity index (χ4n) is 2.54. The minimum absolute atomic E-state index is 0.247. The van der Waals surface area contributed by atoms with Gasteiger partial charge in [-0.25, -0.2) is 12.8 Å². The number of halogens is 2. The summed E-state index contributed by atoms with van der Waals surface area (Å²) in [5.74, 6) is -0.0988. The van der Waals surface area contributed by atoms with Crippen LogP contribution in [0.5, 0.6) is 0 Å². The summed E-state index contributed by atoms with van der Waals surface area (Å²) in [6, 6.07) is 2.94. The van der Waals surface area contributed by atoms with Gasteiger partial charge in [0.2, 0.25) is 10.0 Å². The summed E-state index contributed by atoms with van der Waals surface area (Å²) < 4.78 is 41.9. The average Bonchev–Trinajstić information content (AvgIpc) is 2.74. The van der Waals surface area contributed by atoms with Crippen molar-refractivity contribution in [2.75, 3.05) is 20.1 Å². The zero-order valence-corrected chi connectivity index (χ0v) is 14.8. The van der Waals surface area contributed by atoms with Crippen molar-refractivity contribution in [3.8, 4) is 0 Å². The minimum atomic E-state index is -3.80. The van der Waals surface area contributed by atoms with Gasteiger partial charge in [-0.1, -0.05) is 29.8 Å². The first kappa shape index (κ1) is 16.9. The zero-order valence-electron chi connectivity index (χ0n) is 12.4. The molecule has 21 heavy (non-hydrogen) atoms. The fraction of sp³-hybridized carbons (Fsp3) is 0.571. The molecule has 0 radical (unpaired) electrons. The highest BCUT2D eigenvalue weighted by molar-refractivity contribution is 9.10. The summed E-state index contributed by atoms with van der Waals surface area (Å²) in [7, 11) is -2.11. The van der Waals surface area contributed by atoms with Crippen molar-refractivity contribution in [2.24, 2.45) is 11.8 Å². The van der Waals surface area contributed by atoms with Crippen LogP contribution in [0.25, 0.3) is 0 Å². The molecule has 1 fully saturated rings. The molecule has 118 valence electrons. The third-order valence-corrected chi connectivity index (χ3v) is 6.31. The summed E-state index contributed by atoms with van der Waals surface area (Å²) in [4.78, 5) is -0.247. The highest BCUT2D eigenvalue weighted by Gasteiger charge is 2.36. The van der Waals surface area contributed by atoms with E-state index >= 15 is 0 Å². The average molecular weight is 379 g/mol. The van der Waals surface area contributed by atoms with Gasteiger partial charge in [-0.05, 0) is 31.0 Å². The lowest BCUT2D eigenvalue weighted by molar-refractivity contribution is 0.455. The molecule has 1 aromatic carbocycles. The van der Waals surface area contributed by atoms with E-state index in [1.165, 1.54) is 10.4 Å². The lowest BCUT2D eigenvalue weighted by Crippen LogP contribution is -2.30. The molecule has 0 aromatic heterocycles. The third-order valence-electron chi connectivity index (χ3n) is 4.02. The lowest BCUT2D eigenvalue weighted by atomic mass is 10.0. The van der Waals surface area contributed by atoms with Crippen molar-refractivity contribution < 1.29 is 12.8 Å². The minimum Gasteiger partial charge on any atom is -0.316 e. The van der Waals surface area contributed by atoms with Crippen LogP contribution in [0.3, 0.4) is 0 Å². The summed E-state index contributed by atoms with van der Waals surface area (Å²) >= 11 is 3.26. The van der Waals surface area contributed by atoms with Crippen molar-refractivity contribution in [3.63, 3.8) is 0 Å². The Balaban J connectivity index is 2.45. The summed E-state index contributed by atoms with van der Waals surface area (Å²) in [5.41, 5.74) is 0.339. The molecule has 0 spiro atoms. The highest BCUT2D eigenvalue weighted by atomic mass is 79.9. The molecule has 1 saturated heterocycles. The van der Waals surface area contributed by atoms with Crippen molar-refractivity contribution >= 4 is 26.0 Å². The second kappa shape index (κ2) is 6.32.